The van der Waals surface area contributed by atoms with Crippen molar-refractivity contribution in [2.24, 2.45) is 0 Å². The fourth-order valence-corrected chi connectivity index (χ4v) is 4.18. The zero-order chi connectivity index (χ0) is 18.6. The van der Waals surface area contributed by atoms with Crippen LogP contribution in [0.5, 0.6) is 0 Å². The Morgan fingerprint density at radius 1 is 1.07 bits per heavy atom. The number of fused-ring (bicyclic) bond motifs is 1. The van der Waals surface area contributed by atoms with E-state index in [0.717, 1.165) is 42.9 Å². The largest absolute Gasteiger partial charge is 0.367 e. The number of thiazole rings is 1. The maximum absolute atomic E-state index is 13.9. The molecule has 140 valence electrons. The first-order chi connectivity index (χ1) is 13.2. The third-order valence-electron chi connectivity index (χ3n) is 4.77. The van der Waals surface area contributed by atoms with Gasteiger partial charge in [-0.25, -0.2) is 9.37 Å². The molecule has 0 spiro atoms. The van der Waals surface area contributed by atoms with Gasteiger partial charge in [0.25, 0.3) is 5.91 Å². The Morgan fingerprint density at radius 2 is 1.81 bits per heavy atom. The molecule has 0 radical (unpaired) electrons. The number of hydrogen-bond acceptors (Lipinski definition) is 5. The minimum atomic E-state index is -0.172. The van der Waals surface area contributed by atoms with Gasteiger partial charge in [0.15, 0.2) is 5.01 Å². The summed E-state index contributed by atoms with van der Waals surface area (Å²) in [6.45, 7) is 4.63. The molecule has 4 rings (SSSR count). The molecule has 0 atom stereocenters. The molecular weight excluding hydrogens is 363 g/mol. The van der Waals surface area contributed by atoms with Gasteiger partial charge in [-0.2, -0.15) is 0 Å². The highest BCUT2D eigenvalue weighted by atomic mass is 32.1. The van der Waals surface area contributed by atoms with E-state index >= 15 is 0 Å². The van der Waals surface area contributed by atoms with E-state index in [0.29, 0.717) is 17.2 Å². The molecule has 1 aliphatic rings. The van der Waals surface area contributed by atoms with Crippen LogP contribution < -0.4 is 10.2 Å². The molecule has 3 aromatic rings. The number of hydrogen-bond donors (Lipinski definition) is 1. The normalized spacial score (nSPS) is 15.2. The summed E-state index contributed by atoms with van der Waals surface area (Å²) in [5, 5.41) is 3.45. The van der Waals surface area contributed by atoms with E-state index in [4.69, 9.17) is 0 Å². The van der Waals surface area contributed by atoms with Crippen LogP contribution in [-0.4, -0.2) is 55.1 Å². The number of rotatable bonds is 5. The fraction of sp³-hybridized carbons (Fsp3) is 0.300. The van der Waals surface area contributed by atoms with Crippen molar-refractivity contribution >= 4 is 33.1 Å². The minimum Gasteiger partial charge on any atom is -0.367 e. The summed E-state index contributed by atoms with van der Waals surface area (Å²) in [4.78, 5) is 21.0. The number of carbonyl (C=O) groups excluding carboxylic acids is 1. The van der Waals surface area contributed by atoms with E-state index in [9.17, 15) is 9.18 Å². The van der Waals surface area contributed by atoms with Crippen LogP contribution in [0.15, 0.2) is 48.5 Å². The zero-order valence-electron chi connectivity index (χ0n) is 14.9. The predicted octanol–water partition coefficient (Wildman–Crippen LogP) is 2.99. The quantitative estimate of drug-likeness (QED) is 0.735. The van der Waals surface area contributed by atoms with Crippen molar-refractivity contribution in [1.82, 2.24) is 15.2 Å². The number of nitrogens with one attached hydrogen (secondary N) is 1. The van der Waals surface area contributed by atoms with E-state index in [-0.39, 0.29) is 11.7 Å². The number of carbonyl (C=O) groups is 1. The first-order valence-corrected chi connectivity index (χ1v) is 9.88. The standard InChI is InChI=1S/C20H21FN4OS/c21-15-5-1-3-7-17(15)25-13-11-24(12-14-25)10-9-22-19(26)20-23-16-6-2-4-8-18(16)27-20/h1-8H,9-14H2,(H,22,26). The first kappa shape index (κ1) is 17.9. The number of aromatic nitrogens is 1. The van der Waals surface area contributed by atoms with Gasteiger partial charge >= 0.3 is 0 Å². The molecule has 1 saturated heterocycles. The molecular formula is C20H21FN4OS. The molecule has 0 unspecified atom stereocenters. The van der Waals surface area contributed by atoms with Crippen LogP contribution in [0, 0.1) is 5.82 Å². The molecule has 5 nitrogen and oxygen atoms in total. The van der Waals surface area contributed by atoms with Crippen LogP contribution in [0.4, 0.5) is 10.1 Å². The second-order valence-corrected chi connectivity index (χ2v) is 7.55. The number of benzene rings is 2. The van der Waals surface area contributed by atoms with Gasteiger partial charge in [-0.15, -0.1) is 11.3 Å². The van der Waals surface area contributed by atoms with E-state index in [1.807, 2.05) is 36.4 Å². The lowest BCUT2D eigenvalue weighted by Crippen LogP contribution is -2.48. The smallest absolute Gasteiger partial charge is 0.280 e. The van der Waals surface area contributed by atoms with Crippen molar-refractivity contribution in [3.8, 4) is 0 Å². The topological polar surface area (TPSA) is 48.5 Å². The molecule has 0 saturated carbocycles. The fourth-order valence-electron chi connectivity index (χ4n) is 3.29. The number of halogens is 1. The molecule has 1 amide bonds. The Morgan fingerprint density at radius 3 is 2.59 bits per heavy atom. The maximum atomic E-state index is 13.9. The van der Waals surface area contributed by atoms with Crippen molar-refractivity contribution in [3.05, 3.63) is 59.4 Å². The summed E-state index contributed by atoms with van der Waals surface area (Å²) in [5.41, 5.74) is 1.53. The number of piperazine rings is 1. The molecule has 0 aliphatic carbocycles. The Labute approximate surface area is 161 Å². The van der Waals surface area contributed by atoms with Crippen molar-refractivity contribution in [2.75, 3.05) is 44.2 Å². The molecule has 1 fully saturated rings. The molecule has 7 heteroatoms. The summed E-state index contributed by atoms with van der Waals surface area (Å²) >= 11 is 1.41. The average Bonchev–Trinajstić information content (AvgIpc) is 3.13. The number of anilines is 1. The van der Waals surface area contributed by atoms with E-state index in [2.05, 4.69) is 20.1 Å². The molecule has 1 N–H and O–H groups in total. The molecule has 0 bridgehead atoms. The summed E-state index contributed by atoms with van der Waals surface area (Å²) in [6.07, 6.45) is 0. The Kier molecular flexibility index (Phi) is 5.31. The van der Waals surface area contributed by atoms with Gasteiger partial charge in [-0.3, -0.25) is 9.69 Å². The van der Waals surface area contributed by atoms with E-state index in [1.165, 1.54) is 17.4 Å². The van der Waals surface area contributed by atoms with Gasteiger partial charge in [-0.1, -0.05) is 24.3 Å². The second-order valence-electron chi connectivity index (χ2n) is 6.52. The van der Waals surface area contributed by atoms with Gasteiger partial charge in [-0.05, 0) is 24.3 Å². The van der Waals surface area contributed by atoms with Gasteiger partial charge in [0.2, 0.25) is 0 Å². The van der Waals surface area contributed by atoms with Gasteiger partial charge in [0.05, 0.1) is 15.9 Å². The van der Waals surface area contributed by atoms with Crippen LogP contribution in [0.25, 0.3) is 10.2 Å². The number of nitrogens with zero attached hydrogens (tertiary/aromatic N) is 3. The van der Waals surface area contributed by atoms with Crippen molar-refractivity contribution in [3.63, 3.8) is 0 Å². The monoisotopic (exact) mass is 384 g/mol. The third-order valence-corrected chi connectivity index (χ3v) is 5.80. The Bertz CT molecular complexity index is 903. The maximum Gasteiger partial charge on any atom is 0.280 e. The zero-order valence-corrected chi connectivity index (χ0v) is 15.7. The summed E-state index contributed by atoms with van der Waals surface area (Å²) in [7, 11) is 0. The highest BCUT2D eigenvalue weighted by molar-refractivity contribution is 7.20. The van der Waals surface area contributed by atoms with Crippen molar-refractivity contribution in [2.45, 2.75) is 0 Å². The number of para-hydroxylation sites is 2. The molecule has 2 heterocycles. The lowest BCUT2D eigenvalue weighted by atomic mass is 10.2. The van der Waals surface area contributed by atoms with Crippen LogP contribution in [0.2, 0.25) is 0 Å². The first-order valence-electron chi connectivity index (χ1n) is 9.06. The highest BCUT2D eigenvalue weighted by Gasteiger charge is 2.19. The van der Waals surface area contributed by atoms with Crippen molar-refractivity contribution < 1.29 is 9.18 Å². The van der Waals surface area contributed by atoms with Gasteiger partial charge in [0.1, 0.15) is 5.82 Å². The number of amides is 1. The average molecular weight is 384 g/mol. The van der Waals surface area contributed by atoms with E-state index < -0.39 is 0 Å². The predicted molar refractivity (Wildman–Crippen MR) is 107 cm³/mol. The summed E-state index contributed by atoms with van der Waals surface area (Å²) in [6, 6.07) is 14.7. The summed E-state index contributed by atoms with van der Waals surface area (Å²) in [5.74, 6) is -0.296. The van der Waals surface area contributed by atoms with Gasteiger partial charge < -0.3 is 10.2 Å². The Balaban J connectivity index is 1.24. The lowest BCUT2D eigenvalue weighted by molar-refractivity contribution is 0.0947. The molecule has 2 aromatic carbocycles. The third kappa shape index (κ3) is 4.09. The molecule has 1 aliphatic heterocycles. The SMILES string of the molecule is O=C(NCCN1CCN(c2ccccc2F)CC1)c1nc2ccccc2s1. The van der Waals surface area contributed by atoms with Crippen LogP contribution in [-0.2, 0) is 0 Å². The minimum absolute atomic E-state index is 0.124. The lowest BCUT2D eigenvalue weighted by Gasteiger charge is -2.36. The summed E-state index contributed by atoms with van der Waals surface area (Å²) < 4.78 is 14.9. The van der Waals surface area contributed by atoms with Crippen LogP contribution in [0.1, 0.15) is 9.80 Å². The highest BCUT2D eigenvalue weighted by Crippen LogP contribution is 2.21. The van der Waals surface area contributed by atoms with Gasteiger partial charge in [0, 0.05) is 39.3 Å². The molecule has 27 heavy (non-hydrogen) atoms. The molecule has 1 aromatic heterocycles. The second kappa shape index (κ2) is 8.02. The van der Waals surface area contributed by atoms with E-state index in [1.54, 1.807) is 6.07 Å². The van der Waals surface area contributed by atoms with Crippen LogP contribution >= 0.6 is 11.3 Å². The Hall–Kier alpha value is -2.51. The van der Waals surface area contributed by atoms with Crippen molar-refractivity contribution in [1.29, 1.82) is 0 Å². The van der Waals surface area contributed by atoms with Crippen LogP contribution in [0.3, 0.4) is 0 Å².